The molecule has 0 fully saturated rings. The molecule has 2 rings (SSSR count). The summed E-state index contributed by atoms with van der Waals surface area (Å²) in [6.45, 7) is 0.587. The number of hydrogen-bond acceptors (Lipinski definition) is 3. The summed E-state index contributed by atoms with van der Waals surface area (Å²) < 4.78 is 0. The Bertz CT molecular complexity index is 399. The van der Waals surface area contributed by atoms with Crippen LogP contribution in [0, 0.1) is 0 Å². The average Bonchev–Trinajstić information content (AvgIpc) is 2.69. The van der Waals surface area contributed by atoms with E-state index in [0.717, 1.165) is 5.82 Å². The minimum atomic E-state index is 0.587. The highest BCUT2D eigenvalue weighted by molar-refractivity contribution is 6.32. The van der Waals surface area contributed by atoms with Gasteiger partial charge in [0, 0.05) is 18.6 Å². The zero-order valence-electron chi connectivity index (χ0n) is 7.37. The zero-order chi connectivity index (χ0) is 9.80. The molecular weight excluding hydrogens is 200 g/mol. The molecule has 14 heavy (non-hydrogen) atoms. The van der Waals surface area contributed by atoms with Gasteiger partial charge in [0.15, 0.2) is 0 Å². The van der Waals surface area contributed by atoms with E-state index >= 15 is 0 Å². The van der Waals surface area contributed by atoms with Crippen LogP contribution in [0.15, 0.2) is 30.7 Å². The quantitative estimate of drug-likeness (QED) is 0.812. The molecule has 0 saturated carbocycles. The van der Waals surface area contributed by atoms with E-state index in [2.05, 4.69) is 20.3 Å². The average molecular weight is 209 g/mol. The highest BCUT2D eigenvalue weighted by atomic mass is 35.5. The van der Waals surface area contributed by atoms with Gasteiger partial charge in [-0.15, -0.1) is 0 Å². The monoisotopic (exact) mass is 208 g/mol. The molecule has 2 aromatic rings. The molecule has 0 aromatic carbocycles. The summed E-state index contributed by atoms with van der Waals surface area (Å²) in [6.07, 6.45) is 5.17. The van der Waals surface area contributed by atoms with Gasteiger partial charge in [-0.05, 0) is 12.1 Å². The van der Waals surface area contributed by atoms with Crippen LogP contribution in [-0.2, 0) is 6.54 Å². The number of nitrogens with one attached hydrogen (secondary N) is 2. The third-order valence-electron chi connectivity index (χ3n) is 1.74. The van der Waals surface area contributed by atoms with Crippen LogP contribution in [0.2, 0.25) is 5.02 Å². The summed E-state index contributed by atoms with van der Waals surface area (Å²) in [4.78, 5) is 11.1. The van der Waals surface area contributed by atoms with E-state index in [1.807, 2.05) is 0 Å². The maximum absolute atomic E-state index is 5.91. The van der Waals surface area contributed by atoms with Crippen LogP contribution in [0.3, 0.4) is 0 Å². The highest BCUT2D eigenvalue weighted by Gasteiger charge is 2.00. The van der Waals surface area contributed by atoms with Gasteiger partial charge in [-0.2, -0.15) is 0 Å². The Morgan fingerprint density at radius 1 is 1.36 bits per heavy atom. The lowest BCUT2D eigenvalue weighted by Gasteiger charge is -2.04. The third-order valence-corrected chi connectivity index (χ3v) is 2.04. The number of hydrogen-bond donors (Lipinski definition) is 2. The standard InChI is InChI=1S/C9H9ClN4/c10-7-2-1-3-13-9(7)14-6-8-11-4-5-12-8/h1-5H,6H2,(H,11,12)(H,13,14). The van der Waals surface area contributed by atoms with Crippen LogP contribution < -0.4 is 5.32 Å². The van der Waals surface area contributed by atoms with Crippen LogP contribution in [0.5, 0.6) is 0 Å². The van der Waals surface area contributed by atoms with Gasteiger partial charge in [0.1, 0.15) is 11.6 Å². The summed E-state index contributed by atoms with van der Waals surface area (Å²) in [7, 11) is 0. The lowest BCUT2D eigenvalue weighted by Crippen LogP contribution is -2.02. The number of aromatic amines is 1. The largest absolute Gasteiger partial charge is 0.362 e. The van der Waals surface area contributed by atoms with Gasteiger partial charge in [0.25, 0.3) is 0 Å². The number of rotatable bonds is 3. The molecule has 0 spiro atoms. The van der Waals surface area contributed by atoms with E-state index < -0.39 is 0 Å². The van der Waals surface area contributed by atoms with Crippen LogP contribution in [0.1, 0.15) is 5.82 Å². The predicted molar refractivity (Wildman–Crippen MR) is 55.2 cm³/mol. The van der Waals surface area contributed by atoms with Crippen molar-refractivity contribution in [3.63, 3.8) is 0 Å². The highest BCUT2D eigenvalue weighted by Crippen LogP contribution is 2.17. The molecule has 2 heterocycles. The number of pyridine rings is 1. The number of aromatic nitrogens is 3. The third kappa shape index (κ3) is 2.03. The van der Waals surface area contributed by atoms with Gasteiger partial charge in [0.05, 0.1) is 11.6 Å². The number of halogens is 1. The van der Waals surface area contributed by atoms with Crippen molar-refractivity contribution in [3.05, 3.63) is 41.6 Å². The second kappa shape index (κ2) is 4.11. The predicted octanol–water partition coefficient (Wildman–Crippen LogP) is 2.07. The van der Waals surface area contributed by atoms with E-state index in [-0.39, 0.29) is 0 Å². The summed E-state index contributed by atoms with van der Waals surface area (Å²) >= 11 is 5.91. The zero-order valence-corrected chi connectivity index (χ0v) is 8.12. The van der Waals surface area contributed by atoms with Crippen LogP contribution in [-0.4, -0.2) is 15.0 Å². The Balaban J connectivity index is 2.02. The van der Waals surface area contributed by atoms with Crippen molar-refractivity contribution >= 4 is 17.4 Å². The summed E-state index contributed by atoms with van der Waals surface area (Å²) in [6, 6.07) is 3.58. The van der Waals surface area contributed by atoms with Gasteiger partial charge >= 0.3 is 0 Å². The van der Waals surface area contributed by atoms with Gasteiger partial charge in [-0.1, -0.05) is 11.6 Å². The Kier molecular flexibility index (Phi) is 2.65. The maximum Gasteiger partial charge on any atom is 0.145 e. The van der Waals surface area contributed by atoms with Crippen molar-refractivity contribution in [2.45, 2.75) is 6.54 Å². The van der Waals surface area contributed by atoms with Gasteiger partial charge in [-0.25, -0.2) is 9.97 Å². The Morgan fingerprint density at radius 2 is 2.29 bits per heavy atom. The van der Waals surface area contributed by atoms with Gasteiger partial charge in [0.2, 0.25) is 0 Å². The molecule has 0 aliphatic rings. The van der Waals surface area contributed by atoms with E-state index in [9.17, 15) is 0 Å². The minimum Gasteiger partial charge on any atom is -0.362 e. The molecule has 0 unspecified atom stereocenters. The molecule has 4 nitrogen and oxygen atoms in total. The Morgan fingerprint density at radius 3 is 3.00 bits per heavy atom. The van der Waals surface area contributed by atoms with Crippen LogP contribution >= 0.6 is 11.6 Å². The molecule has 0 bridgehead atoms. The smallest absolute Gasteiger partial charge is 0.145 e. The van der Waals surface area contributed by atoms with Crippen molar-refractivity contribution < 1.29 is 0 Å². The molecule has 0 saturated heterocycles. The first kappa shape index (κ1) is 9.02. The van der Waals surface area contributed by atoms with Crippen molar-refractivity contribution in [1.82, 2.24) is 15.0 Å². The molecule has 2 N–H and O–H groups in total. The fourth-order valence-electron chi connectivity index (χ4n) is 1.08. The molecular formula is C9H9ClN4. The van der Waals surface area contributed by atoms with Gasteiger partial charge < -0.3 is 10.3 Å². The van der Waals surface area contributed by atoms with Crippen molar-refractivity contribution in [2.24, 2.45) is 0 Å². The fourth-order valence-corrected chi connectivity index (χ4v) is 1.27. The molecule has 0 aliphatic carbocycles. The number of imidazole rings is 1. The maximum atomic E-state index is 5.91. The molecule has 2 aromatic heterocycles. The van der Waals surface area contributed by atoms with Crippen molar-refractivity contribution in [2.75, 3.05) is 5.32 Å². The van der Waals surface area contributed by atoms with E-state index in [1.54, 1.807) is 30.7 Å². The first-order valence-electron chi connectivity index (χ1n) is 4.19. The minimum absolute atomic E-state index is 0.587. The number of H-pyrrole nitrogens is 1. The van der Waals surface area contributed by atoms with E-state index in [1.165, 1.54) is 0 Å². The first-order chi connectivity index (χ1) is 6.86. The van der Waals surface area contributed by atoms with Crippen molar-refractivity contribution in [3.8, 4) is 0 Å². The first-order valence-corrected chi connectivity index (χ1v) is 4.57. The summed E-state index contributed by atoms with van der Waals surface area (Å²) in [5.41, 5.74) is 0. The number of anilines is 1. The molecule has 0 amide bonds. The number of nitrogens with zero attached hydrogens (tertiary/aromatic N) is 2. The topological polar surface area (TPSA) is 53.6 Å². The summed E-state index contributed by atoms with van der Waals surface area (Å²) in [5, 5.41) is 3.69. The normalized spacial score (nSPS) is 10.1. The molecule has 0 radical (unpaired) electrons. The second-order valence-corrected chi connectivity index (χ2v) is 3.13. The lowest BCUT2D eigenvalue weighted by atomic mass is 10.4. The van der Waals surface area contributed by atoms with Crippen LogP contribution in [0.25, 0.3) is 0 Å². The molecule has 72 valence electrons. The second-order valence-electron chi connectivity index (χ2n) is 2.72. The molecule has 5 heteroatoms. The Hall–Kier alpha value is -1.55. The summed E-state index contributed by atoms with van der Waals surface area (Å²) in [5.74, 6) is 1.53. The lowest BCUT2D eigenvalue weighted by molar-refractivity contribution is 0.988. The fraction of sp³-hybridized carbons (Fsp3) is 0.111. The van der Waals surface area contributed by atoms with Gasteiger partial charge in [-0.3, -0.25) is 0 Å². The molecule has 0 aliphatic heterocycles. The van der Waals surface area contributed by atoms with E-state index in [0.29, 0.717) is 17.4 Å². The van der Waals surface area contributed by atoms with Crippen molar-refractivity contribution in [1.29, 1.82) is 0 Å². The SMILES string of the molecule is Clc1cccnc1NCc1ncc[nH]1. The van der Waals surface area contributed by atoms with E-state index in [4.69, 9.17) is 11.6 Å². The molecule has 0 atom stereocenters. The Labute approximate surface area is 86.4 Å². The van der Waals surface area contributed by atoms with Crippen LogP contribution in [0.4, 0.5) is 5.82 Å².